The topological polar surface area (TPSA) is 3.24 Å². The molecule has 1 heterocycles. The maximum Gasteiger partial charge on any atom is 0.0196 e. The van der Waals surface area contributed by atoms with Crippen LogP contribution in [0.5, 0.6) is 0 Å². The average molecular weight is 139 g/mol. The lowest BCUT2D eigenvalue weighted by Crippen LogP contribution is -2.14. The molecule has 1 heteroatoms. The van der Waals surface area contributed by atoms with Gasteiger partial charge in [-0.25, -0.2) is 0 Å². The molecule has 0 bridgehead atoms. The number of rotatable bonds is 2. The Morgan fingerprint density at radius 1 is 1.10 bits per heavy atom. The van der Waals surface area contributed by atoms with Crippen LogP contribution in [-0.4, -0.2) is 25.0 Å². The summed E-state index contributed by atoms with van der Waals surface area (Å²) in [7, 11) is 2.19. The molecule has 58 valence electrons. The Bertz CT molecular complexity index is 131. The lowest BCUT2D eigenvalue weighted by Gasteiger charge is -2.05. The zero-order valence-corrected chi connectivity index (χ0v) is 7.28. The fourth-order valence-electron chi connectivity index (χ4n) is 1.65. The third-order valence-corrected chi connectivity index (χ3v) is 2.28. The summed E-state index contributed by atoms with van der Waals surface area (Å²) in [6.07, 6.45) is 2.49. The zero-order chi connectivity index (χ0) is 7.56. The van der Waals surface area contributed by atoms with Crippen molar-refractivity contribution in [3.63, 3.8) is 0 Å². The minimum Gasteiger partial charge on any atom is -0.299 e. The molecule has 0 amide bonds. The quantitative estimate of drug-likeness (QED) is 0.529. The summed E-state index contributed by atoms with van der Waals surface area (Å²) in [4.78, 5) is 2.39. The first-order valence-electron chi connectivity index (χ1n) is 4.16. The molecule has 0 aromatic heterocycles. The Morgan fingerprint density at radius 3 is 1.80 bits per heavy atom. The standard InChI is InChI=1S/C9H17N/c1-4-8-6-10(3)7-9(8)5-2/h4-7H2,1-3H3. The fourth-order valence-corrected chi connectivity index (χ4v) is 1.65. The second-order valence-corrected chi connectivity index (χ2v) is 3.09. The molecule has 0 unspecified atom stereocenters. The maximum atomic E-state index is 2.39. The highest BCUT2D eigenvalue weighted by atomic mass is 15.1. The summed E-state index contributed by atoms with van der Waals surface area (Å²) in [5, 5.41) is 0. The van der Waals surface area contributed by atoms with Gasteiger partial charge in [0.25, 0.3) is 0 Å². The largest absolute Gasteiger partial charge is 0.299 e. The second kappa shape index (κ2) is 3.20. The number of hydrogen-bond acceptors (Lipinski definition) is 1. The van der Waals surface area contributed by atoms with Crippen molar-refractivity contribution in [2.45, 2.75) is 26.7 Å². The van der Waals surface area contributed by atoms with E-state index in [1.807, 2.05) is 0 Å². The smallest absolute Gasteiger partial charge is 0.0196 e. The van der Waals surface area contributed by atoms with Gasteiger partial charge in [0.1, 0.15) is 0 Å². The highest BCUT2D eigenvalue weighted by molar-refractivity contribution is 5.21. The molecule has 0 saturated heterocycles. The van der Waals surface area contributed by atoms with E-state index in [0.717, 1.165) is 0 Å². The van der Waals surface area contributed by atoms with Gasteiger partial charge in [0.05, 0.1) is 0 Å². The van der Waals surface area contributed by atoms with Crippen LogP contribution in [0, 0.1) is 0 Å². The van der Waals surface area contributed by atoms with Gasteiger partial charge < -0.3 is 0 Å². The van der Waals surface area contributed by atoms with Crippen LogP contribution in [0.4, 0.5) is 0 Å². The van der Waals surface area contributed by atoms with Crippen molar-refractivity contribution in [3.05, 3.63) is 11.1 Å². The Balaban J connectivity index is 2.61. The first kappa shape index (κ1) is 7.80. The average Bonchev–Trinajstić information content (AvgIpc) is 2.30. The maximum absolute atomic E-state index is 2.39. The molecule has 0 aromatic rings. The zero-order valence-electron chi connectivity index (χ0n) is 7.28. The minimum absolute atomic E-state index is 1.21. The van der Waals surface area contributed by atoms with Gasteiger partial charge in [0, 0.05) is 13.1 Å². The van der Waals surface area contributed by atoms with Crippen molar-refractivity contribution in [2.24, 2.45) is 0 Å². The lowest BCUT2D eigenvalue weighted by atomic mass is 10.1. The van der Waals surface area contributed by atoms with Crippen molar-refractivity contribution >= 4 is 0 Å². The van der Waals surface area contributed by atoms with Crippen molar-refractivity contribution in [1.82, 2.24) is 4.90 Å². The summed E-state index contributed by atoms with van der Waals surface area (Å²) >= 11 is 0. The van der Waals surface area contributed by atoms with Gasteiger partial charge in [-0.15, -0.1) is 0 Å². The van der Waals surface area contributed by atoms with Gasteiger partial charge in [-0.2, -0.15) is 0 Å². The number of nitrogens with zero attached hydrogens (tertiary/aromatic N) is 1. The van der Waals surface area contributed by atoms with E-state index in [2.05, 4.69) is 25.8 Å². The summed E-state index contributed by atoms with van der Waals surface area (Å²) in [6, 6.07) is 0. The highest BCUT2D eigenvalue weighted by Gasteiger charge is 2.14. The first-order valence-corrected chi connectivity index (χ1v) is 4.16. The molecule has 0 atom stereocenters. The van der Waals surface area contributed by atoms with E-state index in [1.54, 1.807) is 11.1 Å². The van der Waals surface area contributed by atoms with Crippen LogP contribution in [0.1, 0.15) is 26.7 Å². The molecule has 0 aromatic carbocycles. The molecule has 0 N–H and O–H groups in total. The Hall–Kier alpha value is -0.300. The monoisotopic (exact) mass is 139 g/mol. The van der Waals surface area contributed by atoms with E-state index < -0.39 is 0 Å². The van der Waals surface area contributed by atoms with Crippen molar-refractivity contribution in [1.29, 1.82) is 0 Å². The van der Waals surface area contributed by atoms with Crippen LogP contribution in [0.15, 0.2) is 11.1 Å². The Labute approximate surface area is 63.7 Å². The number of hydrogen-bond donors (Lipinski definition) is 0. The SMILES string of the molecule is CCC1=C(CC)CN(C)C1. The third kappa shape index (κ3) is 1.40. The molecule has 0 saturated carbocycles. The predicted molar refractivity (Wildman–Crippen MR) is 45.1 cm³/mol. The Kier molecular flexibility index (Phi) is 2.50. The van der Waals surface area contributed by atoms with Gasteiger partial charge >= 0.3 is 0 Å². The van der Waals surface area contributed by atoms with Crippen LogP contribution in [0.3, 0.4) is 0 Å². The fraction of sp³-hybridized carbons (Fsp3) is 0.778. The van der Waals surface area contributed by atoms with Crippen molar-refractivity contribution in [2.75, 3.05) is 20.1 Å². The summed E-state index contributed by atoms with van der Waals surface area (Å²) < 4.78 is 0. The Morgan fingerprint density at radius 2 is 1.50 bits per heavy atom. The summed E-state index contributed by atoms with van der Waals surface area (Å²) in [5.74, 6) is 0. The van der Waals surface area contributed by atoms with Crippen LogP contribution in [0.25, 0.3) is 0 Å². The summed E-state index contributed by atoms with van der Waals surface area (Å²) in [6.45, 7) is 6.92. The first-order chi connectivity index (χ1) is 4.77. The van der Waals surface area contributed by atoms with Crippen LogP contribution in [0.2, 0.25) is 0 Å². The van der Waals surface area contributed by atoms with E-state index in [9.17, 15) is 0 Å². The van der Waals surface area contributed by atoms with E-state index in [0.29, 0.717) is 0 Å². The van der Waals surface area contributed by atoms with E-state index in [-0.39, 0.29) is 0 Å². The molecule has 1 rings (SSSR count). The van der Waals surface area contributed by atoms with Crippen molar-refractivity contribution < 1.29 is 0 Å². The second-order valence-electron chi connectivity index (χ2n) is 3.09. The molecule has 1 aliphatic heterocycles. The van der Waals surface area contributed by atoms with Gasteiger partial charge in [-0.05, 0) is 19.9 Å². The third-order valence-electron chi connectivity index (χ3n) is 2.28. The molecular weight excluding hydrogens is 122 g/mol. The predicted octanol–water partition coefficient (Wildman–Crippen LogP) is 2.05. The normalized spacial score (nSPS) is 20.7. The summed E-state index contributed by atoms with van der Waals surface area (Å²) in [5.41, 5.74) is 3.34. The van der Waals surface area contributed by atoms with Gasteiger partial charge in [-0.1, -0.05) is 25.0 Å². The molecule has 0 aliphatic carbocycles. The van der Waals surface area contributed by atoms with E-state index >= 15 is 0 Å². The molecule has 0 fully saturated rings. The highest BCUT2D eigenvalue weighted by Crippen LogP contribution is 2.20. The minimum atomic E-state index is 1.21. The molecule has 0 radical (unpaired) electrons. The van der Waals surface area contributed by atoms with Crippen LogP contribution < -0.4 is 0 Å². The molecule has 0 spiro atoms. The van der Waals surface area contributed by atoms with Gasteiger partial charge in [-0.3, -0.25) is 4.90 Å². The van der Waals surface area contributed by atoms with Crippen molar-refractivity contribution in [3.8, 4) is 0 Å². The molecular formula is C9H17N. The van der Waals surface area contributed by atoms with Gasteiger partial charge in [0.15, 0.2) is 0 Å². The lowest BCUT2D eigenvalue weighted by molar-refractivity contribution is 0.420. The van der Waals surface area contributed by atoms with E-state index in [4.69, 9.17) is 0 Å². The molecule has 1 nitrogen and oxygen atoms in total. The van der Waals surface area contributed by atoms with Crippen LogP contribution >= 0.6 is 0 Å². The molecule has 10 heavy (non-hydrogen) atoms. The number of likely N-dealkylation sites (N-methyl/N-ethyl adjacent to an activating group) is 1. The molecule has 1 aliphatic rings. The van der Waals surface area contributed by atoms with Crippen LogP contribution in [-0.2, 0) is 0 Å². The van der Waals surface area contributed by atoms with Gasteiger partial charge in [0.2, 0.25) is 0 Å². The van der Waals surface area contributed by atoms with E-state index in [1.165, 1.54) is 25.9 Å².